The first-order chi connectivity index (χ1) is 12.9. The van der Waals surface area contributed by atoms with Crippen LogP contribution >= 0.6 is 11.3 Å². The maximum atomic E-state index is 4.61. The van der Waals surface area contributed by atoms with Crippen LogP contribution in [0.25, 0.3) is 22.4 Å². The Kier molecular flexibility index (Phi) is 4.85. The van der Waals surface area contributed by atoms with Crippen molar-refractivity contribution in [2.45, 2.75) is 0 Å². The van der Waals surface area contributed by atoms with Gasteiger partial charge in [-0.2, -0.15) is 5.10 Å². The van der Waals surface area contributed by atoms with Crippen molar-refractivity contribution in [1.82, 2.24) is 4.98 Å². The Hall–Kier alpha value is -3.24. The van der Waals surface area contributed by atoms with E-state index in [1.165, 1.54) is 11.1 Å². The predicted octanol–water partition coefficient (Wildman–Crippen LogP) is 5.92. The van der Waals surface area contributed by atoms with Crippen LogP contribution in [-0.2, 0) is 0 Å². The highest BCUT2D eigenvalue weighted by Crippen LogP contribution is 2.27. The second-order valence-electron chi connectivity index (χ2n) is 5.76. The third-order valence-corrected chi connectivity index (χ3v) is 4.71. The lowest BCUT2D eigenvalue weighted by Crippen LogP contribution is -1.89. The van der Waals surface area contributed by atoms with Gasteiger partial charge in [-0.3, -0.25) is 5.43 Å². The highest BCUT2D eigenvalue weighted by Gasteiger charge is 2.04. The molecule has 0 bridgehead atoms. The molecule has 0 unspecified atom stereocenters. The number of rotatable bonds is 5. The molecule has 0 radical (unpaired) electrons. The van der Waals surface area contributed by atoms with E-state index >= 15 is 0 Å². The van der Waals surface area contributed by atoms with Gasteiger partial charge in [0.1, 0.15) is 0 Å². The van der Waals surface area contributed by atoms with Gasteiger partial charge < -0.3 is 0 Å². The molecule has 0 aliphatic rings. The third-order valence-electron chi connectivity index (χ3n) is 3.97. The molecule has 26 heavy (non-hydrogen) atoms. The lowest BCUT2D eigenvalue weighted by molar-refractivity contribution is 1.29. The summed E-state index contributed by atoms with van der Waals surface area (Å²) in [5, 5.41) is 7.06. The summed E-state index contributed by atoms with van der Waals surface area (Å²) in [6.45, 7) is 0. The molecule has 4 heteroatoms. The lowest BCUT2D eigenvalue weighted by atomic mass is 10.0. The second kappa shape index (κ2) is 7.76. The van der Waals surface area contributed by atoms with Gasteiger partial charge in [-0.1, -0.05) is 84.9 Å². The molecule has 1 heterocycles. The Morgan fingerprint density at radius 1 is 0.731 bits per heavy atom. The number of anilines is 1. The highest BCUT2D eigenvalue weighted by atomic mass is 32.1. The number of hydrogen-bond donors (Lipinski definition) is 1. The summed E-state index contributed by atoms with van der Waals surface area (Å²) in [4.78, 5) is 4.61. The number of benzene rings is 3. The van der Waals surface area contributed by atoms with Crippen LogP contribution in [0.15, 0.2) is 95.4 Å². The largest absolute Gasteiger partial charge is 0.253 e. The number of aromatic nitrogens is 1. The van der Waals surface area contributed by atoms with Gasteiger partial charge in [0.05, 0.1) is 11.9 Å². The number of thiazole rings is 1. The molecule has 1 aromatic heterocycles. The SMILES string of the molecule is C(=N/Nc1nc(-c2ccc(-c3ccccc3)cc2)cs1)/c1ccccc1. The molecule has 126 valence electrons. The Morgan fingerprint density at radius 2 is 1.35 bits per heavy atom. The number of hydrogen-bond acceptors (Lipinski definition) is 4. The molecule has 0 fully saturated rings. The zero-order valence-electron chi connectivity index (χ0n) is 14.0. The van der Waals surface area contributed by atoms with E-state index in [1.807, 2.05) is 41.8 Å². The molecule has 3 aromatic carbocycles. The molecule has 4 aromatic rings. The van der Waals surface area contributed by atoms with E-state index < -0.39 is 0 Å². The maximum Gasteiger partial charge on any atom is 0.203 e. The highest BCUT2D eigenvalue weighted by molar-refractivity contribution is 7.14. The van der Waals surface area contributed by atoms with Gasteiger partial charge in [-0.25, -0.2) is 4.98 Å². The van der Waals surface area contributed by atoms with Crippen molar-refractivity contribution >= 4 is 22.7 Å². The first-order valence-electron chi connectivity index (χ1n) is 8.34. The summed E-state index contributed by atoms with van der Waals surface area (Å²) in [5.74, 6) is 0. The van der Waals surface area contributed by atoms with Crippen molar-refractivity contribution in [2.75, 3.05) is 5.43 Å². The van der Waals surface area contributed by atoms with Crippen LogP contribution in [0.1, 0.15) is 5.56 Å². The average molecular weight is 355 g/mol. The van der Waals surface area contributed by atoms with E-state index in [0.717, 1.165) is 22.0 Å². The molecule has 0 aliphatic carbocycles. The van der Waals surface area contributed by atoms with Crippen LogP contribution in [0, 0.1) is 0 Å². The summed E-state index contributed by atoms with van der Waals surface area (Å²) in [6, 6.07) is 28.8. The molecule has 0 saturated carbocycles. The normalized spacial score (nSPS) is 10.9. The smallest absolute Gasteiger partial charge is 0.203 e. The molecule has 0 saturated heterocycles. The molecule has 0 spiro atoms. The van der Waals surface area contributed by atoms with Crippen molar-refractivity contribution in [3.8, 4) is 22.4 Å². The van der Waals surface area contributed by atoms with Gasteiger partial charge in [-0.05, 0) is 16.7 Å². The fraction of sp³-hybridized carbons (Fsp3) is 0. The average Bonchev–Trinajstić information content (AvgIpc) is 3.19. The van der Waals surface area contributed by atoms with Crippen LogP contribution in [0.3, 0.4) is 0 Å². The minimum absolute atomic E-state index is 0.777. The third kappa shape index (κ3) is 3.87. The van der Waals surface area contributed by atoms with Crippen LogP contribution in [-0.4, -0.2) is 11.2 Å². The second-order valence-corrected chi connectivity index (χ2v) is 6.62. The maximum absolute atomic E-state index is 4.61. The molecule has 0 amide bonds. The van der Waals surface area contributed by atoms with Crippen molar-refractivity contribution in [1.29, 1.82) is 0 Å². The summed E-state index contributed by atoms with van der Waals surface area (Å²) in [7, 11) is 0. The van der Waals surface area contributed by atoms with Crippen molar-refractivity contribution in [3.63, 3.8) is 0 Å². The van der Waals surface area contributed by atoms with Gasteiger partial charge >= 0.3 is 0 Å². The molecule has 4 rings (SSSR count). The molecule has 0 atom stereocenters. The van der Waals surface area contributed by atoms with Crippen LogP contribution in [0.2, 0.25) is 0 Å². The van der Waals surface area contributed by atoms with E-state index in [2.05, 4.69) is 64.0 Å². The molecular formula is C22H17N3S. The zero-order valence-corrected chi connectivity index (χ0v) is 14.9. The van der Waals surface area contributed by atoms with Gasteiger partial charge in [0.15, 0.2) is 0 Å². The number of hydrazone groups is 1. The number of nitrogens with one attached hydrogen (secondary N) is 1. The van der Waals surface area contributed by atoms with E-state index in [1.54, 1.807) is 17.6 Å². The fourth-order valence-electron chi connectivity index (χ4n) is 2.62. The Morgan fingerprint density at radius 3 is 2.08 bits per heavy atom. The lowest BCUT2D eigenvalue weighted by Gasteiger charge is -2.02. The van der Waals surface area contributed by atoms with Crippen molar-refractivity contribution in [2.24, 2.45) is 5.10 Å². The summed E-state index contributed by atoms with van der Waals surface area (Å²) >= 11 is 1.54. The van der Waals surface area contributed by atoms with Gasteiger partial charge in [0.25, 0.3) is 0 Å². The summed E-state index contributed by atoms with van der Waals surface area (Å²) in [6.07, 6.45) is 1.79. The molecule has 3 nitrogen and oxygen atoms in total. The quantitative estimate of drug-likeness (QED) is 0.356. The topological polar surface area (TPSA) is 37.3 Å². The minimum atomic E-state index is 0.777. The van der Waals surface area contributed by atoms with Crippen molar-refractivity contribution in [3.05, 3.63) is 95.9 Å². The fourth-order valence-corrected chi connectivity index (χ4v) is 3.29. The van der Waals surface area contributed by atoms with Gasteiger partial charge in [0.2, 0.25) is 5.13 Å². The summed E-state index contributed by atoms with van der Waals surface area (Å²) < 4.78 is 0. The van der Waals surface area contributed by atoms with Gasteiger partial charge in [0, 0.05) is 10.9 Å². The standard InChI is InChI=1S/C22H17N3S/c1-3-7-17(8-4-1)15-23-25-22-24-21(16-26-22)20-13-11-19(12-14-20)18-9-5-2-6-10-18/h1-16H,(H,24,25)/b23-15-. The van der Waals surface area contributed by atoms with Gasteiger partial charge in [-0.15, -0.1) is 11.3 Å². The van der Waals surface area contributed by atoms with E-state index in [4.69, 9.17) is 0 Å². The Labute approximate surface area is 156 Å². The van der Waals surface area contributed by atoms with Crippen LogP contribution < -0.4 is 5.43 Å². The Bertz CT molecular complexity index is 991. The van der Waals surface area contributed by atoms with E-state index in [-0.39, 0.29) is 0 Å². The Balaban J connectivity index is 1.45. The monoisotopic (exact) mass is 355 g/mol. The zero-order chi connectivity index (χ0) is 17.6. The first kappa shape index (κ1) is 16.2. The predicted molar refractivity (Wildman–Crippen MR) is 111 cm³/mol. The number of nitrogens with zero attached hydrogens (tertiary/aromatic N) is 2. The first-order valence-corrected chi connectivity index (χ1v) is 9.22. The van der Waals surface area contributed by atoms with Crippen LogP contribution in [0.4, 0.5) is 5.13 Å². The van der Waals surface area contributed by atoms with E-state index in [0.29, 0.717) is 0 Å². The van der Waals surface area contributed by atoms with Crippen LogP contribution in [0.5, 0.6) is 0 Å². The molecular weight excluding hydrogens is 338 g/mol. The van der Waals surface area contributed by atoms with Crippen molar-refractivity contribution < 1.29 is 0 Å². The molecule has 1 N–H and O–H groups in total. The summed E-state index contributed by atoms with van der Waals surface area (Å²) in [5.41, 5.74) is 8.52. The van der Waals surface area contributed by atoms with E-state index in [9.17, 15) is 0 Å². The minimum Gasteiger partial charge on any atom is -0.253 e. The molecule has 0 aliphatic heterocycles.